The molecule has 0 radical (unpaired) electrons. The number of rotatable bonds is 4. The summed E-state index contributed by atoms with van der Waals surface area (Å²) in [4.78, 5) is 0.178. The summed E-state index contributed by atoms with van der Waals surface area (Å²) in [5.41, 5.74) is 0.482. The second kappa shape index (κ2) is 6.15. The Morgan fingerprint density at radius 2 is 1.65 bits per heavy atom. The first-order valence-corrected chi connectivity index (χ1v) is 8.61. The van der Waals surface area contributed by atoms with Crippen molar-refractivity contribution in [2.24, 2.45) is 0 Å². The number of halogens is 2. The summed E-state index contributed by atoms with van der Waals surface area (Å²) in [6.07, 6.45) is 0. The maximum atomic E-state index is 12.2. The van der Waals surface area contributed by atoms with Crippen molar-refractivity contribution in [1.29, 1.82) is 0 Å². The van der Waals surface area contributed by atoms with Crippen LogP contribution in [0.2, 0.25) is 0 Å². The van der Waals surface area contributed by atoms with Crippen molar-refractivity contribution in [3.8, 4) is 5.75 Å². The molecule has 4 nitrogen and oxygen atoms in total. The highest BCUT2D eigenvalue weighted by atomic mass is 79.9. The van der Waals surface area contributed by atoms with Gasteiger partial charge in [-0.2, -0.15) is 0 Å². The van der Waals surface area contributed by atoms with E-state index < -0.39 is 10.0 Å². The fourth-order valence-corrected chi connectivity index (χ4v) is 3.20. The number of ether oxygens (including phenoxy) is 1. The van der Waals surface area contributed by atoms with Gasteiger partial charge in [0.2, 0.25) is 0 Å². The van der Waals surface area contributed by atoms with Crippen LogP contribution in [0.15, 0.2) is 56.3 Å². The molecule has 0 heterocycles. The Labute approximate surface area is 134 Å². The van der Waals surface area contributed by atoms with Crippen molar-refractivity contribution >= 4 is 47.6 Å². The number of nitrogens with one attached hydrogen (secondary N) is 1. The van der Waals surface area contributed by atoms with Crippen LogP contribution in [0.5, 0.6) is 5.75 Å². The highest BCUT2D eigenvalue weighted by Crippen LogP contribution is 2.27. The van der Waals surface area contributed by atoms with E-state index in [-0.39, 0.29) is 4.90 Å². The summed E-state index contributed by atoms with van der Waals surface area (Å²) in [6, 6.07) is 11.3. The van der Waals surface area contributed by atoms with Gasteiger partial charge in [-0.3, -0.25) is 4.72 Å². The van der Waals surface area contributed by atoms with Crippen molar-refractivity contribution in [1.82, 2.24) is 0 Å². The van der Waals surface area contributed by atoms with Crippen LogP contribution < -0.4 is 9.46 Å². The van der Waals surface area contributed by atoms with Crippen molar-refractivity contribution in [2.75, 3.05) is 11.8 Å². The highest BCUT2D eigenvalue weighted by molar-refractivity contribution is 9.13. The molecule has 0 saturated heterocycles. The van der Waals surface area contributed by atoms with Gasteiger partial charge >= 0.3 is 0 Å². The summed E-state index contributed by atoms with van der Waals surface area (Å²) < 4.78 is 33.6. The molecule has 0 bridgehead atoms. The maximum absolute atomic E-state index is 12.2. The second-order valence-corrected chi connectivity index (χ2v) is 7.30. The van der Waals surface area contributed by atoms with Crippen molar-refractivity contribution < 1.29 is 13.2 Å². The predicted molar refractivity (Wildman–Crippen MR) is 85.6 cm³/mol. The fourth-order valence-electron chi connectivity index (χ4n) is 1.53. The minimum atomic E-state index is -3.61. The molecule has 1 N–H and O–H groups in total. The standard InChI is InChI=1S/C13H11Br2NO3S/c1-19-10-3-5-11(6-4-10)20(17,18)16-9-2-7-12(14)13(15)8-9/h2-8,16H,1H3. The van der Waals surface area contributed by atoms with Crippen LogP contribution in [0.1, 0.15) is 0 Å². The summed E-state index contributed by atoms with van der Waals surface area (Å²) >= 11 is 6.66. The third-order valence-electron chi connectivity index (χ3n) is 2.54. The molecule has 0 atom stereocenters. The Balaban J connectivity index is 2.27. The van der Waals surface area contributed by atoms with Gasteiger partial charge in [0.05, 0.1) is 17.7 Å². The molecule has 0 aliphatic carbocycles. The molecular formula is C13H11Br2NO3S. The topological polar surface area (TPSA) is 55.4 Å². The second-order valence-electron chi connectivity index (χ2n) is 3.91. The number of hydrogen-bond acceptors (Lipinski definition) is 3. The molecule has 20 heavy (non-hydrogen) atoms. The third kappa shape index (κ3) is 3.53. The van der Waals surface area contributed by atoms with Crippen molar-refractivity contribution in [3.63, 3.8) is 0 Å². The fraction of sp³-hybridized carbons (Fsp3) is 0.0769. The summed E-state index contributed by atoms with van der Waals surface area (Å²) in [5, 5.41) is 0. The number of benzene rings is 2. The zero-order valence-corrected chi connectivity index (χ0v) is 14.4. The van der Waals surface area contributed by atoms with Gasteiger partial charge in [-0.05, 0) is 74.3 Å². The SMILES string of the molecule is COc1ccc(S(=O)(=O)Nc2ccc(Br)c(Br)c2)cc1. The van der Waals surface area contributed by atoms with Crippen molar-refractivity contribution in [2.45, 2.75) is 4.90 Å². The van der Waals surface area contributed by atoms with E-state index in [1.54, 1.807) is 30.3 Å². The molecule has 0 saturated carbocycles. The summed E-state index contributed by atoms with van der Waals surface area (Å²) in [5.74, 6) is 0.607. The number of methoxy groups -OCH3 is 1. The Morgan fingerprint density at radius 1 is 1.00 bits per heavy atom. The van der Waals surface area contributed by atoms with Crippen LogP contribution in [-0.4, -0.2) is 15.5 Å². The van der Waals surface area contributed by atoms with Crippen LogP contribution >= 0.6 is 31.9 Å². The smallest absolute Gasteiger partial charge is 0.261 e. The Morgan fingerprint density at radius 3 is 2.20 bits per heavy atom. The minimum absolute atomic E-state index is 0.178. The van der Waals surface area contributed by atoms with Gasteiger partial charge in [-0.25, -0.2) is 8.42 Å². The number of anilines is 1. The van der Waals surface area contributed by atoms with E-state index in [1.807, 2.05) is 0 Å². The lowest BCUT2D eigenvalue weighted by Crippen LogP contribution is -2.12. The predicted octanol–water partition coefficient (Wildman–Crippen LogP) is 4.02. The number of hydrogen-bond donors (Lipinski definition) is 1. The van der Waals surface area contributed by atoms with E-state index in [0.29, 0.717) is 11.4 Å². The summed E-state index contributed by atoms with van der Waals surface area (Å²) in [7, 11) is -2.08. The Bertz CT molecular complexity index is 715. The van der Waals surface area contributed by atoms with Crippen molar-refractivity contribution in [3.05, 3.63) is 51.4 Å². The first kappa shape index (κ1) is 15.3. The van der Waals surface area contributed by atoms with Gasteiger partial charge in [0.15, 0.2) is 0 Å². The molecule has 7 heteroatoms. The third-order valence-corrected chi connectivity index (χ3v) is 5.82. The van der Waals surface area contributed by atoms with Gasteiger partial charge in [0, 0.05) is 8.95 Å². The van der Waals surface area contributed by atoms with E-state index in [9.17, 15) is 8.42 Å². The van der Waals surface area contributed by atoms with Gasteiger partial charge in [0.25, 0.3) is 10.0 Å². The molecule has 106 valence electrons. The maximum Gasteiger partial charge on any atom is 0.261 e. The molecule has 2 rings (SSSR count). The molecule has 0 aliphatic rings. The van der Waals surface area contributed by atoms with Crippen LogP contribution in [0.3, 0.4) is 0 Å². The highest BCUT2D eigenvalue weighted by Gasteiger charge is 2.14. The average Bonchev–Trinajstić information content (AvgIpc) is 2.43. The lowest BCUT2D eigenvalue weighted by Gasteiger charge is -2.09. The van der Waals surface area contributed by atoms with E-state index in [2.05, 4.69) is 36.6 Å². The molecule has 2 aromatic rings. The van der Waals surface area contributed by atoms with Crippen LogP contribution in [0.25, 0.3) is 0 Å². The first-order valence-electron chi connectivity index (χ1n) is 5.54. The molecule has 0 fully saturated rings. The normalized spacial score (nSPS) is 11.2. The number of sulfonamides is 1. The molecule has 0 aromatic heterocycles. The van der Waals surface area contributed by atoms with Gasteiger partial charge < -0.3 is 4.74 Å². The molecule has 2 aromatic carbocycles. The van der Waals surface area contributed by atoms with E-state index in [4.69, 9.17) is 4.74 Å². The minimum Gasteiger partial charge on any atom is -0.497 e. The zero-order valence-electron chi connectivity index (χ0n) is 10.4. The van der Waals surface area contributed by atoms with E-state index in [1.165, 1.54) is 19.2 Å². The Kier molecular flexibility index (Phi) is 4.72. The first-order chi connectivity index (χ1) is 9.42. The van der Waals surface area contributed by atoms with Gasteiger partial charge in [-0.15, -0.1) is 0 Å². The van der Waals surface area contributed by atoms with Crippen LogP contribution in [0, 0.1) is 0 Å². The molecule has 0 aliphatic heterocycles. The molecular weight excluding hydrogens is 410 g/mol. The lowest BCUT2D eigenvalue weighted by atomic mass is 10.3. The summed E-state index contributed by atoms with van der Waals surface area (Å²) in [6.45, 7) is 0. The van der Waals surface area contributed by atoms with Gasteiger partial charge in [0.1, 0.15) is 5.75 Å². The van der Waals surface area contributed by atoms with E-state index in [0.717, 1.165) is 8.95 Å². The van der Waals surface area contributed by atoms with Gasteiger partial charge in [-0.1, -0.05) is 0 Å². The molecule has 0 spiro atoms. The lowest BCUT2D eigenvalue weighted by molar-refractivity contribution is 0.414. The Hall–Kier alpha value is -1.05. The molecule has 0 unspecified atom stereocenters. The quantitative estimate of drug-likeness (QED) is 0.812. The zero-order chi connectivity index (χ0) is 14.8. The van der Waals surface area contributed by atoms with E-state index >= 15 is 0 Å². The largest absolute Gasteiger partial charge is 0.497 e. The monoisotopic (exact) mass is 419 g/mol. The van der Waals surface area contributed by atoms with Crippen LogP contribution in [0.4, 0.5) is 5.69 Å². The average molecular weight is 421 g/mol. The molecule has 0 amide bonds. The van der Waals surface area contributed by atoms with Crippen LogP contribution in [-0.2, 0) is 10.0 Å².